The summed E-state index contributed by atoms with van der Waals surface area (Å²) in [6.07, 6.45) is 2.25. The minimum atomic E-state index is -0.298. The summed E-state index contributed by atoms with van der Waals surface area (Å²) in [5.74, 6) is 0.665. The van der Waals surface area contributed by atoms with Gasteiger partial charge in [0, 0.05) is 38.0 Å². The molecule has 134 valence electrons. The van der Waals surface area contributed by atoms with Crippen LogP contribution in [-0.4, -0.2) is 84.4 Å². The first-order valence-electron chi connectivity index (χ1n) is 9.08. The van der Waals surface area contributed by atoms with Crippen molar-refractivity contribution in [3.05, 3.63) is 0 Å². The van der Waals surface area contributed by atoms with E-state index in [2.05, 4.69) is 0 Å². The summed E-state index contributed by atoms with van der Waals surface area (Å²) in [5, 5.41) is 9.36. The Morgan fingerprint density at radius 1 is 1.04 bits per heavy atom. The van der Waals surface area contributed by atoms with Gasteiger partial charge in [-0.2, -0.15) is 0 Å². The van der Waals surface area contributed by atoms with Crippen molar-refractivity contribution >= 4 is 11.8 Å². The molecule has 3 saturated heterocycles. The van der Waals surface area contributed by atoms with E-state index in [0.29, 0.717) is 58.0 Å². The maximum atomic E-state index is 12.4. The van der Waals surface area contributed by atoms with E-state index in [9.17, 15) is 14.7 Å². The second-order valence-electron chi connectivity index (χ2n) is 7.55. The number of aliphatic hydroxyl groups excluding tert-OH is 1. The van der Waals surface area contributed by atoms with Crippen LogP contribution in [0.15, 0.2) is 0 Å². The lowest BCUT2D eigenvalue weighted by molar-refractivity contribution is -0.143. The van der Waals surface area contributed by atoms with E-state index >= 15 is 0 Å². The number of nitrogens with zero attached hydrogens (tertiary/aromatic N) is 2. The maximum Gasteiger partial charge on any atom is 0.225 e. The summed E-state index contributed by atoms with van der Waals surface area (Å²) in [7, 11) is 0. The molecule has 1 N–H and O–H groups in total. The van der Waals surface area contributed by atoms with Crippen molar-refractivity contribution in [3.8, 4) is 0 Å². The molecule has 7 heteroatoms. The summed E-state index contributed by atoms with van der Waals surface area (Å²) in [4.78, 5) is 28.4. The number of aliphatic hydroxyl groups is 1. The highest BCUT2D eigenvalue weighted by Crippen LogP contribution is 2.37. The van der Waals surface area contributed by atoms with E-state index in [-0.39, 0.29) is 36.0 Å². The first kappa shape index (κ1) is 16.3. The van der Waals surface area contributed by atoms with Crippen molar-refractivity contribution < 1.29 is 24.2 Å². The van der Waals surface area contributed by atoms with Crippen LogP contribution >= 0.6 is 0 Å². The smallest absolute Gasteiger partial charge is 0.225 e. The van der Waals surface area contributed by atoms with E-state index in [4.69, 9.17) is 9.47 Å². The van der Waals surface area contributed by atoms with Gasteiger partial charge in [-0.05, 0) is 19.3 Å². The van der Waals surface area contributed by atoms with Crippen LogP contribution in [0.5, 0.6) is 0 Å². The Morgan fingerprint density at radius 2 is 1.79 bits per heavy atom. The number of carbonyl (C=O) groups excluding carboxylic acids is 2. The SMILES string of the molecule is O=C(C[C@@H]1C[C@H]2CN(C(=O)C3CC(O)C3)C[C@H]2O1)N1CCOCC1. The van der Waals surface area contributed by atoms with Gasteiger partial charge in [-0.25, -0.2) is 0 Å². The zero-order chi connectivity index (χ0) is 16.7. The van der Waals surface area contributed by atoms with Crippen LogP contribution in [-0.2, 0) is 19.1 Å². The van der Waals surface area contributed by atoms with Crippen molar-refractivity contribution in [1.29, 1.82) is 0 Å². The average molecular weight is 338 g/mol. The van der Waals surface area contributed by atoms with Crippen molar-refractivity contribution in [1.82, 2.24) is 9.80 Å². The highest BCUT2D eigenvalue weighted by molar-refractivity contribution is 5.80. The molecule has 0 aromatic heterocycles. The number of morpholine rings is 1. The van der Waals surface area contributed by atoms with Crippen LogP contribution in [0.1, 0.15) is 25.7 Å². The molecular formula is C17H26N2O5. The molecule has 24 heavy (non-hydrogen) atoms. The van der Waals surface area contributed by atoms with E-state index in [0.717, 1.165) is 13.0 Å². The summed E-state index contributed by atoms with van der Waals surface area (Å²) < 4.78 is 11.3. The van der Waals surface area contributed by atoms with Crippen LogP contribution in [0.4, 0.5) is 0 Å². The second-order valence-corrected chi connectivity index (χ2v) is 7.55. The molecular weight excluding hydrogens is 312 g/mol. The largest absolute Gasteiger partial charge is 0.393 e. The molecule has 4 rings (SSSR count). The first-order chi connectivity index (χ1) is 11.6. The third kappa shape index (κ3) is 3.17. The molecule has 3 aliphatic heterocycles. The topological polar surface area (TPSA) is 79.3 Å². The molecule has 1 saturated carbocycles. The Labute approximate surface area is 141 Å². The molecule has 2 amide bonds. The van der Waals surface area contributed by atoms with Gasteiger partial charge >= 0.3 is 0 Å². The molecule has 0 spiro atoms. The molecule has 0 unspecified atom stereocenters. The Balaban J connectivity index is 1.24. The van der Waals surface area contributed by atoms with Crippen LogP contribution in [0, 0.1) is 11.8 Å². The Morgan fingerprint density at radius 3 is 2.46 bits per heavy atom. The monoisotopic (exact) mass is 338 g/mol. The van der Waals surface area contributed by atoms with Gasteiger partial charge in [0.2, 0.25) is 11.8 Å². The number of carbonyl (C=O) groups is 2. The summed E-state index contributed by atoms with van der Waals surface area (Å²) in [5.41, 5.74) is 0. The number of rotatable bonds is 3. The summed E-state index contributed by atoms with van der Waals surface area (Å²) >= 11 is 0. The fourth-order valence-electron chi connectivity index (χ4n) is 4.36. The van der Waals surface area contributed by atoms with Gasteiger partial charge in [0.15, 0.2) is 0 Å². The molecule has 0 aromatic carbocycles. The van der Waals surface area contributed by atoms with Crippen LogP contribution in [0.2, 0.25) is 0 Å². The molecule has 0 bridgehead atoms. The van der Waals surface area contributed by atoms with Crippen LogP contribution in [0.25, 0.3) is 0 Å². The molecule has 4 aliphatic rings. The quantitative estimate of drug-likeness (QED) is 0.759. The molecule has 0 aromatic rings. The summed E-state index contributed by atoms with van der Waals surface area (Å²) in [6, 6.07) is 0. The molecule has 0 radical (unpaired) electrons. The van der Waals surface area contributed by atoms with Crippen molar-refractivity contribution in [2.45, 2.75) is 44.0 Å². The highest BCUT2D eigenvalue weighted by atomic mass is 16.5. The lowest BCUT2D eigenvalue weighted by Gasteiger charge is -2.33. The van der Waals surface area contributed by atoms with Gasteiger partial charge in [0.05, 0.1) is 37.9 Å². The number of ether oxygens (including phenoxy) is 2. The number of likely N-dealkylation sites (tertiary alicyclic amines) is 1. The third-order valence-electron chi connectivity index (χ3n) is 5.85. The van der Waals surface area contributed by atoms with Crippen LogP contribution in [0.3, 0.4) is 0 Å². The van der Waals surface area contributed by atoms with Crippen molar-refractivity contribution in [2.24, 2.45) is 11.8 Å². The zero-order valence-electron chi connectivity index (χ0n) is 13.9. The number of hydrogen-bond donors (Lipinski definition) is 1. The van der Waals surface area contributed by atoms with E-state index < -0.39 is 0 Å². The van der Waals surface area contributed by atoms with Crippen LogP contribution < -0.4 is 0 Å². The standard InChI is InChI=1S/C17H26N2O5/c20-13-5-11(6-13)17(22)19-9-12-7-14(24-15(12)10-19)8-16(21)18-1-3-23-4-2-18/h11-15,20H,1-10H2/t11?,12-,13?,14-,15+/m0/s1. The van der Waals surface area contributed by atoms with Gasteiger partial charge in [-0.15, -0.1) is 0 Å². The summed E-state index contributed by atoms with van der Waals surface area (Å²) in [6.45, 7) is 3.96. The zero-order valence-corrected chi connectivity index (χ0v) is 13.9. The predicted octanol–water partition coefficient (Wildman–Crippen LogP) is -0.378. The normalized spacial score (nSPS) is 38.8. The van der Waals surface area contributed by atoms with Gasteiger partial charge in [0.25, 0.3) is 0 Å². The average Bonchev–Trinajstić information content (AvgIpc) is 3.10. The fraction of sp³-hybridized carbons (Fsp3) is 0.882. The Kier molecular flexibility index (Phi) is 4.49. The first-order valence-corrected chi connectivity index (χ1v) is 9.08. The molecule has 3 heterocycles. The Hall–Kier alpha value is -1.18. The predicted molar refractivity (Wildman–Crippen MR) is 84.1 cm³/mol. The van der Waals surface area contributed by atoms with Gasteiger partial charge < -0.3 is 24.4 Å². The van der Waals surface area contributed by atoms with E-state index in [1.807, 2.05) is 9.80 Å². The second kappa shape index (κ2) is 6.61. The number of hydrogen-bond acceptors (Lipinski definition) is 5. The highest BCUT2D eigenvalue weighted by Gasteiger charge is 2.46. The van der Waals surface area contributed by atoms with Crippen molar-refractivity contribution in [2.75, 3.05) is 39.4 Å². The molecule has 7 nitrogen and oxygen atoms in total. The maximum absolute atomic E-state index is 12.4. The Bertz CT molecular complexity index is 487. The van der Waals surface area contributed by atoms with Gasteiger partial charge in [-0.1, -0.05) is 0 Å². The lowest BCUT2D eigenvalue weighted by Crippen LogP contribution is -2.44. The van der Waals surface area contributed by atoms with Gasteiger partial charge in [0.1, 0.15) is 0 Å². The third-order valence-corrected chi connectivity index (χ3v) is 5.85. The number of amides is 2. The molecule has 4 fully saturated rings. The molecule has 1 aliphatic carbocycles. The van der Waals surface area contributed by atoms with Gasteiger partial charge in [-0.3, -0.25) is 9.59 Å². The fourth-order valence-corrected chi connectivity index (χ4v) is 4.36. The lowest BCUT2D eigenvalue weighted by atomic mass is 9.81. The molecule has 3 atom stereocenters. The van der Waals surface area contributed by atoms with E-state index in [1.54, 1.807) is 0 Å². The van der Waals surface area contributed by atoms with Crippen molar-refractivity contribution in [3.63, 3.8) is 0 Å². The minimum absolute atomic E-state index is 0.00229. The van der Waals surface area contributed by atoms with E-state index in [1.165, 1.54) is 0 Å². The number of fused-ring (bicyclic) bond motifs is 1. The minimum Gasteiger partial charge on any atom is -0.393 e.